The lowest BCUT2D eigenvalue weighted by Gasteiger charge is -2.40. The van der Waals surface area contributed by atoms with Crippen LogP contribution in [0.3, 0.4) is 0 Å². The maximum absolute atomic E-state index is 13.1. The molecule has 0 unspecified atom stereocenters. The minimum absolute atomic E-state index is 0.0461. The zero-order valence-corrected chi connectivity index (χ0v) is 15.2. The summed E-state index contributed by atoms with van der Waals surface area (Å²) in [6, 6.07) is 4.19. The second-order valence-corrected chi connectivity index (χ2v) is 7.39. The van der Waals surface area contributed by atoms with Crippen LogP contribution in [-0.2, 0) is 15.8 Å². The van der Waals surface area contributed by atoms with Crippen LogP contribution in [0.4, 0.5) is 13.2 Å². The number of alkyl halides is 3. The molecular weight excluding hydrogens is 359 g/mol. The normalized spacial score (nSPS) is 26.6. The summed E-state index contributed by atoms with van der Waals surface area (Å²) in [5.41, 5.74) is 5.50. The molecule has 27 heavy (non-hydrogen) atoms. The lowest BCUT2D eigenvalue weighted by molar-refractivity contribution is -0.146. The second-order valence-electron chi connectivity index (χ2n) is 7.39. The smallest absolute Gasteiger partial charge is 0.342 e. The summed E-state index contributed by atoms with van der Waals surface area (Å²) < 4.78 is 38.5. The van der Waals surface area contributed by atoms with Crippen molar-refractivity contribution in [1.29, 1.82) is 0 Å². The number of benzene rings is 1. The molecule has 1 aromatic rings. The third kappa shape index (κ3) is 3.95. The molecule has 0 radical (unpaired) electrons. The molecule has 0 saturated carbocycles. The van der Waals surface area contributed by atoms with Crippen molar-refractivity contribution in [3.8, 4) is 0 Å². The topological polar surface area (TPSA) is 66.6 Å². The van der Waals surface area contributed by atoms with Crippen LogP contribution in [0, 0.1) is 11.8 Å². The summed E-state index contributed by atoms with van der Waals surface area (Å²) in [5.74, 6) is -0.331. The van der Waals surface area contributed by atoms with Crippen LogP contribution in [0.5, 0.6) is 0 Å². The summed E-state index contributed by atoms with van der Waals surface area (Å²) in [5, 5.41) is 0. The van der Waals surface area contributed by atoms with Crippen LogP contribution in [0.2, 0.25) is 0 Å². The number of hydrogen-bond acceptors (Lipinski definition) is 3. The maximum Gasteiger partial charge on any atom is 0.416 e. The molecule has 5 nitrogen and oxygen atoms in total. The van der Waals surface area contributed by atoms with Crippen LogP contribution in [-0.4, -0.2) is 48.3 Å². The zero-order chi connectivity index (χ0) is 19.8. The first-order valence-corrected chi connectivity index (χ1v) is 9.14. The molecule has 3 rings (SSSR count). The van der Waals surface area contributed by atoms with Gasteiger partial charge in [0.05, 0.1) is 17.5 Å². The predicted octanol–water partition coefficient (Wildman–Crippen LogP) is 2.42. The summed E-state index contributed by atoms with van der Waals surface area (Å²) in [7, 11) is 1.61. The van der Waals surface area contributed by atoms with Gasteiger partial charge in [-0.3, -0.25) is 9.59 Å². The summed E-state index contributed by atoms with van der Waals surface area (Å²) in [6.07, 6.45) is -2.90. The van der Waals surface area contributed by atoms with Gasteiger partial charge >= 0.3 is 6.18 Å². The predicted molar refractivity (Wildman–Crippen MR) is 93.4 cm³/mol. The van der Waals surface area contributed by atoms with Gasteiger partial charge < -0.3 is 15.5 Å². The van der Waals surface area contributed by atoms with E-state index in [0.717, 1.165) is 18.6 Å². The van der Waals surface area contributed by atoms with Crippen LogP contribution in [0.1, 0.15) is 36.4 Å². The van der Waals surface area contributed by atoms with E-state index in [1.165, 1.54) is 17.0 Å². The van der Waals surface area contributed by atoms with Crippen LogP contribution in [0.15, 0.2) is 24.3 Å². The van der Waals surface area contributed by atoms with E-state index >= 15 is 0 Å². The number of piperidine rings is 1. The van der Waals surface area contributed by atoms with Crippen molar-refractivity contribution in [1.82, 2.24) is 9.80 Å². The fourth-order valence-corrected chi connectivity index (χ4v) is 4.08. The number of nitrogens with two attached hydrogens (primary N) is 1. The molecule has 2 amide bonds. The highest BCUT2D eigenvalue weighted by atomic mass is 19.4. The number of halogens is 3. The van der Waals surface area contributed by atoms with Gasteiger partial charge in [0.1, 0.15) is 0 Å². The van der Waals surface area contributed by atoms with Gasteiger partial charge in [0.2, 0.25) is 11.8 Å². The van der Waals surface area contributed by atoms with Gasteiger partial charge in [-0.2, -0.15) is 13.2 Å². The molecule has 8 heteroatoms. The Balaban J connectivity index is 1.86. The van der Waals surface area contributed by atoms with Gasteiger partial charge in [-0.05, 0) is 43.0 Å². The van der Waals surface area contributed by atoms with E-state index in [4.69, 9.17) is 5.73 Å². The van der Waals surface area contributed by atoms with E-state index in [9.17, 15) is 22.8 Å². The lowest BCUT2D eigenvalue weighted by atomic mass is 9.83. The Bertz CT molecular complexity index is 705. The molecule has 0 bridgehead atoms. The summed E-state index contributed by atoms with van der Waals surface area (Å²) in [4.78, 5) is 28.6. The van der Waals surface area contributed by atoms with Crippen LogP contribution >= 0.6 is 0 Å². The molecule has 3 atom stereocenters. The molecule has 2 fully saturated rings. The Morgan fingerprint density at radius 1 is 1.22 bits per heavy atom. The standard InChI is InChI=1S/C19H24F3N3O2/c1-24-16(26)7-6-15(18(27)25-9-8-12(10-23)11-25)17(24)13-2-4-14(5-3-13)19(20,21)22/h2-5,12,15,17H,6-11,23H2,1H3/t12-,15-,17+/m0/s1. The molecule has 2 N–H and O–H groups in total. The number of carbonyl (C=O) groups is 2. The first-order chi connectivity index (χ1) is 12.7. The Kier molecular flexibility index (Phi) is 5.46. The summed E-state index contributed by atoms with van der Waals surface area (Å²) >= 11 is 0. The SMILES string of the molecule is CN1C(=O)CC[C@H](C(=O)N2CC[C@@H](CN)C2)[C@H]1c1ccc(C(F)(F)F)cc1. The zero-order valence-electron chi connectivity index (χ0n) is 15.2. The second kappa shape index (κ2) is 7.50. The van der Waals surface area contributed by atoms with E-state index in [1.807, 2.05) is 0 Å². The number of amides is 2. The minimum atomic E-state index is -4.42. The number of likely N-dealkylation sites (tertiary alicyclic amines) is 2. The average Bonchev–Trinajstić information content (AvgIpc) is 3.12. The van der Waals surface area contributed by atoms with E-state index in [1.54, 1.807) is 11.9 Å². The Labute approximate surface area is 156 Å². The van der Waals surface area contributed by atoms with E-state index in [2.05, 4.69) is 0 Å². The van der Waals surface area contributed by atoms with Crippen LogP contribution < -0.4 is 5.73 Å². The number of rotatable bonds is 3. The molecule has 1 aromatic carbocycles. The van der Waals surface area contributed by atoms with Gasteiger partial charge in [0.25, 0.3) is 0 Å². The molecular formula is C19H24F3N3O2. The molecule has 148 valence electrons. The highest BCUT2D eigenvalue weighted by molar-refractivity contribution is 5.85. The van der Waals surface area contributed by atoms with Gasteiger partial charge in [-0.25, -0.2) is 0 Å². The lowest BCUT2D eigenvalue weighted by Crippen LogP contribution is -2.47. The van der Waals surface area contributed by atoms with Crippen molar-refractivity contribution < 1.29 is 22.8 Å². The molecule has 2 saturated heterocycles. The molecule has 2 aliphatic rings. The maximum atomic E-state index is 13.1. The molecule has 2 aliphatic heterocycles. The highest BCUT2D eigenvalue weighted by Gasteiger charge is 2.42. The van der Waals surface area contributed by atoms with E-state index in [-0.39, 0.29) is 24.2 Å². The van der Waals surface area contributed by atoms with Crippen LogP contribution in [0.25, 0.3) is 0 Å². The van der Waals surface area contributed by atoms with Gasteiger partial charge in [-0.1, -0.05) is 12.1 Å². The number of nitrogens with zero attached hydrogens (tertiary/aromatic N) is 2. The minimum Gasteiger partial charge on any atom is -0.342 e. The number of carbonyl (C=O) groups excluding carboxylic acids is 2. The van der Waals surface area contributed by atoms with Crippen molar-refractivity contribution in [2.24, 2.45) is 17.6 Å². The average molecular weight is 383 g/mol. The third-order valence-electron chi connectivity index (χ3n) is 5.69. The van der Waals surface area contributed by atoms with Crippen molar-refractivity contribution in [3.63, 3.8) is 0 Å². The first-order valence-electron chi connectivity index (χ1n) is 9.14. The molecule has 2 heterocycles. The first kappa shape index (κ1) is 19.7. The van der Waals surface area contributed by atoms with E-state index < -0.39 is 23.7 Å². The van der Waals surface area contributed by atoms with Gasteiger partial charge in [-0.15, -0.1) is 0 Å². The fraction of sp³-hybridized carbons (Fsp3) is 0.579. The summed E-state index contributed by atoms with van der Waals surface area (Å²) in [6.45, 7) is 1.76. The Hall–Kier alpha value is -2.09. The van der Waals surface area contributed by atoms with E-state index in [0.29, 0.717) is 31.6 Å². The Morgan fingerprint density at radius 3 is 2.44 bits per heavy atom. The Morgan fingerprint density at radius 2 is 1.89 bits per heavy atom. The third-order valence-corrected chi connectivity index (χ3v) is 5.69. The molecule has 0 aromatic heterocycles. The quantitative estimate of drug-likeness (QED) is 0.872. The monoisotopic (exact) mass is 383 g/mol. The van der Waals surface area contributed by atoms with Gasteiger partial charge in [0.15, 0.2) is 0 Å². The van der Waals surface area contributed by atoms with Crippen molar-refractivity contribution in [3.05, 3.63) is 35.4 Å². The van der Waals surface area contributed by atoms with Crippen molar-refractivity contribution in [2.45, 2.75) is 31.5 Å². The molecule has 0 aliphatic carbocycles. The van der Waals surface area contributed by atoms with Crippen molar-refractivity contribution >= 4 is 11.8 Å². The molecule has 0 spiro atoms. The van der Waals surface area contributed by atoms with Gasteiger partial charge in [0, 0.05) is 26.6 Å². The fourth-order valence-electron chi connectivity index (χ4n) is 4.08. The highest BCUT2D eigenvalue weighted by Crippen LogP contribution is 2.39. The van der Waals surface area contributed by atoms with Crippen molar-refractivity contribution in [2.75, 3.05) is 26.7 Å². The largest absolute Gasteiger partial charge is 0.416 e. The number of hydrogen-bond donors (Lipinski definition) is 1.